The lowest BCUT2D eigenvalue weighted by molar-refractivity contribution is 0.384. The maximum absolute atomic E-state index is 5.78. The van der Waals surface area contributed by atoms with Crippen LogP contribution in [0.2, 0.25) is 0 Å². The minimum atomic E-state index is -0.0106. The summed E-state index contributed by atoms with van der Waals surface area (Å²) in [6.45, 7) is 10.6. The highest BCUT2D eigenvalue weighted by atomic mass is 16.6. The molecule has 0 atom stereocenters. The summed E-state index contributed by atoms with van der Waals surface area (Å²) < 4.78 is 5.45. The average molecular weight is 299 g/mol. The molecule has 0 unspecified atom stereocenters. The Labute approximate surface area is 133 Å². The Morgan fingerprint density at radius 2 is 1.59 bits per heavy atom. The third-order valence-corrected chi connectivity index (χ3v) is 3.73. The number of para-hydroxylation sites is 1. The van der Waals surface area contributed by atoms with Gasteiger partial charge in [-0.1, -0.05) is 39.0 Å². The summed E-state index contributed by atoms with van der Waals surface area (Å²) in [7, 11) is 1.69. The smallest absolute Gasteiger partial charge is 0.155 e. The third kappa shape index (κ3) is 3.53. The van der Waals surface area contributed by atoms with E-state index in [0.29, 0.717) is 0 Å². The van der Waals surface area contributed by atoms with E-state index in [9.17, 15) is 0 Å². The van der Waals surface area contributed by atoms with Gasteiger partial charge in [0.1, 0.15) is 5.75 Å². The molecule has 0 saturated heterocycles. The van der Waals surface area contributed by atoms with Gasteiger partial charge in [-0.15, -0.1) is 0 Å². The highest BCUT2D eigenvalue weighted by Crippen LogP contribution is 2.34. The molecule has 0 aromatic heterocycles. The number of methoxy groups -OCH3 is 1. The molecule has 0 bridgehead atoms. The Morgan fingerprint density at radius 1 is 0.955 bits per heavy atom. The van der Waals surface area contributed by atoms with Crippen molar-refractivity contribution in [1.82, 2.24) is 0 Å². The molecule has 2 rings (SSSR count). The molecule has 0 heterocycles. The average Bonchev–Trinajstić information content (AvgIpc) is 2.45. The van der Waals surface area contributed by atoms with Gasteiger partial charge in [0.25, 0.3) is 0 Å². The van der Waals surface area contributed by atoms with Crippen LogP contribution in [0.15, 0.2) is 36.4 Å². The first-order chi connectivity index (χ1) is 10.3. The molecular formula is C19H25NO2. The fraction of sp³-hybridized carbons (Fsp3) is 0.368. The standard InChI is InChI=1S/C19H25NO2/c1-13-8-7-9-14(2)18(13)20-22-15-10-11-17(21-6)16(12-15)19(3,4)5/h7-12,20H,1-6H3. The van der Waals surface area contributed by atoms with Gasteiger partial charge in [0.15, 0.2) is 5.75 Å². The molecule has 0 spiro atoms. The van der Waals surface area contributed by atoms with Crippen LogP contribution in [0, 0.1) is 13.8 Å². The lowest BCUT2D eigenvalue weighted by Crippen LogP contribution is -2.14. The van der Waals surface area contributed by atoms with Crippen molar-refractivity contribution in [3.05, 3.63) is 53.1 Å². The summed E-state index contributed by atoms with van der Waals surface area (Å²) in [5.41, 5.74) is 7.51. The normalized spacial score (nSPS) is 11.2. The largest absolute Gasteiger partial charge is 0.496 e. The second-order valence-electron chi connectivity index (χ2n) is 6.58. The maximum atomic E-state index is 5.78. The van der Waals surface area contributed by atoms with Crippen LogP contribution in [0.4, 0.5) is 5.69 Å². The molecule has 0 saturated carbocycles. The van der Waals surface area contributed by atoms with E-state index in [2.05, 4.69) is 52.2 Å². The fourth-order valence-corrected chi connectivity index (χ4v) is 2.42. The predicted octanol–water partition coefficient (Wildman–Crippen LogP) is 5.02. The topological polar surface area (TPSA) is 30.5 Å². The van der Waals surface area contributed by atoms with Crippen molar-refractivity contribution >= 4 is 5.69 Å². The van der Waals surface area contributed by atoms with Gasteiger partial charge in [0.2, 0.25) is 0 Å². The molecule has 0 amide bonds. The number of nitrogens with one attached hydrogen (secondary N) is 1. The lowest BCUT2D eigenvalue weighted by atomic mass is 9.86. The third-order valence-electron chi connectivity index (χ3n) is 3.73. The quantitative estimate of drug-likeness (QED) is 0.804. The molecule has 3 heteroatoms. The van der Waals surface area contributed by atoms with E-state index >= 15 is 0 Å². The SMILES string of the molecule is COc1ccc(ONc2c(C)cccc2C)cc1C(C)(C)C. The molecule has 0 aliphatic heterocycles. The highest BCUT2D eigenvalue weighted by molar-refractivity contribution is 5.55. The Kier molecular flexibility index (Phi) is 4.65. The molecule has 0 radical (unpaired) electrons. The van der Waals surface area contributed by atoms with Crippen molar-refractivity contribution in [1.29, 1.82) is 0 Å². The molecule has 2 aromatic rings. The molecule has 1 N–H and O–H groups in total. The number of benzene rings is 2. The first-order valence-electron chi connectivity index (χ1n) is 7.50. The molecule has 0 fully saturated rings. The molecule has 2 aromatic carbocycles. The van der Waals surface area contributed by atoms with Crippen LogP contribution in [0.25, 0.3) is 0 Å². The predicted molar refractivity (Wildman–Crippen MR) is 91.9 cm³/mol. The van der Waals surface area contributed by atoms with Crippen LogP contribution in [-0.2, 0) is 5.41 Å². The van der Waals surface area contributed by atoms with Gasteiger partial charge in [-0.25, -0.2) is 5.48 Å². The van der Waals surface area contributed by atoms with Crippen molar-refractivity contribution in [2.24, 2.45) is 0 Å². The summed E-state index contributed by atoms with van der Waals surface area (Å²) in [6.07, 6.45) is 0. The zero-order chi connectivity index (χ0) is 16.3. The number of rotatable bonds is 4. The van der Waals surface area contributed by atoms with Gasteiger partial charge < -0.3 is 9.57 Å². The van der Waals surface area contributed by atoms with Crippen LogP contribution in [-0.4, -0.2) is 7.11 Å². The molecule has 3 nitrogen and oxygen atoms in total. The van der Waals surface area contributed by atoms with E-state index in [1.807, 2.05) is 24.3 Å². The van der Waals surface area contributed by atoms with Crippen LogP contribution < -0.4 is 15.1 Å². The Hall–Kier alpha value is -2.16. The Balaban J connectivity index is 2.24. The first kappa shape index (κ1) is 16.2. The van der Waals surface area contributed by atoms with E-state index in [1.165, 1.54) is 0 Å². The summed E-state index contributed by atoms with van der Waals surface area (Å²) in [6, 6.07) is 12.1. The second-order valence-corrected chi connectivity index (χ2v) is 6.58. The molecule has 118 valence electrons. The molecular weight excluding hydrogens is 274 g/mol. The number of hydrogen-bond acceptors (Lipinski definition) is 3. The minimum absolute atomic E-state index is 0.0106. The monoisotopic (exact) mass is 299 g/mol. The summed E-state index contributed by atoms with van der Waals surface area (Å²) >= 11 is 0. The van der Waals surface area contributed by atoms with E-state index < -0.39 is 0 Å². The number of anilines is 1. The van der Waals surface area contributed by atoms with Gasteiger partial charge in [-0.05, 0) is 48.6 Å². The highest BCUT2D eigenvalue weighted by Gasteiger charge is 2.19. The number of hydrogen-bond donors (Lipinski definition) is 1. The zero-order valence-corrected chi connectivity index (χ0v) is 14.3. The van der Waals surface area contributed by atoms with Crippen molar-refractivity contribution in [2.45, 2.75) is 40.0 Å². The van der Waals surface area contributed by atoms with Crippen LogP contribution >= 0.6 is 0 Å². The minimum Gasteiger partial charge on any atom is -0.496 e. The second kappa shape index (κ2) is 6.30. The lowest BCUT2D eigenvalue weighted by Gasteiger charge is -2.23. The molecule has 0 aliphatic rings. The van der Waals surface area contributed by atoms with E-state index in [0.717, 1.165) is 33.9 Å². The Bertz CT molecular complexity index is 637. The van der Waals surface area contributed by atoms with E-state index in [-0.39, 0.29) is 5.41 Å². The van der Waals surface area contributed by atoms with E-state index in [4.69, 9.17) is 9.57 Å². The number of aryl methyl sites for hydroxylation is 2. The van der Waals surface area contributed by atoms with Gasteiger partial charge >= 0.3 is 0 Å². The fourth-order valence-electron chi connectivity index (χ4n) is 2.42. The maximum Gasteiger partial charge on any atom is 0.155 e. The summed E-state index contributed by atoms with van der Waals surface area (Å²) in [4.78, 5) is 5.78. The van der Waals surface area contributed by atoms with Crippen molar-refractivity contribution in [3.8, 4) is 11.5 Å². The summed E-state index contributed by atoms with van der Waals surface area (Å²) in [5.74, 6) is 1.65. The molecule has 22 heavy (non-hydrogen) atoms. The van der Waals surface area contributed by atoms with Crippen molar-refractivity contribution in [2.75, 3.05) is 12.6 Å². The Morgan fingerprint density at radius 3 is 2.14 bits per heavy atom. The summed E-state index contributed by atoms with van der Waals surface area (Å²) in [5, 5.41) is 0. The zero-order valence-electron chi connectivity index (χ0n) is 14.3. The van der Waals surface area contributed by atoms with Gasteiger partial charge in [0, 0.05) is 5.56 Å². The number of ether oxygens (including phenoxy) is 1. The molecule has 0 aliphatic carbocycles. The van der Waals surface area contributed by atoms with Gasteiger partial charge in [-0.3, -0.25) is 0 Å². The van der Waals surface area contributed by atoms with Gasteiger partial charge in [-0.2, -0.15) is 0 Å². The van der Waals surface area contributed by atoms with Crippen LogP contribution in [0.5, 0.6) is 11.5 Å². The van der Waals surface area contributed by atoms with Crippen molar-refractivity contribution < 1.29 is 9.57 Å². The van der Waals surface area contributed by atoms with Crippen molar-refractivity contribution in [3.63, 3.8) is 0 Å². The first-order valence-corrected chi connectivity index (χ1v) is 7.50. The van der Waals surface area contributed by atoms with Crippen LogP contribution in [0.3, 0.4) is 0 Å². The van der Waals surface area contributed by atoms with Gasteiger partial charge in [0.05, 0.1) is 12.8 Å². The van der Waals surface area contributed by atoms with Crippen LogP contribution in [0.1, 0.15) is 37.5 Å². The van der Waals surface area contributed by atoms with E-state index in [1.54, 1.807) is 7.11 Å².